The molecule has 2 aromatic carbocycles. The average Bonchev–Trinajstić information content (AvgIpc) is 3.46. The predicted octanol–water partition coefficient (Wildman–Crippen LogP) is 3.10. The van der Waals surface area contributed by atoms with Gasteiger partial charge in [0.2, 0.25) is 6.79 Å². The molecule has 9 heteroatoms. The van der Waals surface area contributed by atoms with Crippen LogP contribution < -0.4 is 14.8 Å². The predicted molar refractivity (Wildman–Crippen MR) is 110 cm³/mol. The summed E-state index contributed by atoms with van der Waals surface area (Å²) >= 11 is 0. The van der Waals surface area contributed by atoms with Crippen molar-refractivity contribution in [2.45, 2.75) is 12.5 Å². The summed E-state index contributed by atoms with van der Waals surface area (Å²) in [7, 11) is 1.31. The summed E-state index contributed by atoms with van der Waals surface area (Å²) in [6.45, 7) is 0.645. The van der Waals surface area contributed by atoms with Crippen LogP contribution in [-0.4, -0.2) is 47.3 Å². The summed E-state index contributed by atoms with van der Waals surface area (Å²) in [5, 5.41) is 2.86. The third kappa shape index (κ3) is 3.33. The first-order chi connectivity index (χ1) is 15.2. The van der Waals surface area contributed by atoms with Crippen LogP contribution in [0.25, 0.3) is 0 Å². The van der Waals surface area contributed by atoms with Crippen LogP contribution in [0.4, 0.5) is 10.5 Å². The van der Waals surface area contributed by atoms with Crippen LogP contribution >= 0.6 is 0 Å². The van der Waals surface area contributed by atoms with Gasteiger partial charge >= 0.3 is 12.0 Å². The molecule has 9 nitrogen and oxygen atoms in total. The van der Waals surface area contributed by atoms with Crippen molar-refractivity contribution in [2.24, 2.45) is 0 Å². The average molecular weight is 420 g/mol. The van der Waals surface area contributed by atoms with Crippen molar-refractivity contribution in [1.82, 2.24) is 14.9 Å². The van der Waals surface area contributed by atoms with Crippen molar-refractivity contribution < 1.29 is 23.8 Å². The molecule has 1 atom stereocenters. The zero-order valence-corrected chi connectivity index (χ0v) is 16.8. The SMILES string of the molecule is COC(=O)c1ccccc1NC(=O)N1CCc2[nH]cnc2[C@@H]1c1ccc2c(c1)OCO2. The lowest BCUT2D eigenvalue weighted by molar-refractivity contribution is 0.0602. The number of carbonyl (C=O) groups excluding carboxylic acids is 2. The van der Waals surface area contributed by atoms with Gasteiger partial charge in [-0.25, -0.2) is 14.6 Å². The fourth-order valence-corrected chi connectivity index (χ4v) is 3.98. The highest BCUT2D eigenvalue weighted by Gasteiger charge is 2.35. The maximum absolute atomic E-state index is 13.3. The molecule has 0 radical (unpaired) electrons. The highest BCUT2D eigenvalue weighted by Crippen LogP contribution is 2.39. The third-order valence-corrected chi connectivity index (χ3v) is 5.47. The van der Waals surface area contributed by atoms with E-state index in [1.54, 1.807) is 35.5 Å². The fourth-order valence-electron chi connectivity index (χ4n) is 3.98. The number of H-pyrrole nitrogens is 1. The summed E-state index contributed by atoms with van der Waals surface area (Å²) in [4.78, 5) is 34.8. The summed E-state index contributed by atoms with van der Waals surface area (Å²) < 4.78 is 15.8. The number of para-hydroxylation sites is 1. The Bertz CT molecular complexity index is 1160. The number of imidazole rings is 1. The number of aromatic amines is 1. The molecule has 0 spiro atoms. The maximum atomic E-state index is 13.3. The zero-order chi connectivity index (χ0) is 21.4. The lowest BCUT2D eigenvalue weighted by atomic mass is 9.95. The van der Waals surface area contributed by atoms with E-state index in [9.17, 15) is 9.59 Å². The summed E-state index contributed by atoms with van der Waals surface area (Å²) in [5.41, 5.74) is 3.30. The van der Waals surface area contributed by atoms with Gasteiger partial charge in [-0.2, -0.15) is 0 Å². The van der Waals surface area contributed by atoms with E-state index in [1.165, 1.54) is 7.11 Å². The number of methoxy groups -OCH3 is 1. The van der Waals surface area contributed by atoms with Gasteiger partial charge in [0, 0.05) is 18.7 Å². The Morgan fingerprint density at radius 1 is 1.19 bits per heavy atom. The topological polar surface area (TPSA) is 106 Å². The summed E-state index contributed by atoms with van der Waals surface area (Å²) in [6, 6.07) is 11.6. The van der Waals surface area contributed by atoms with E-state index in [0.29, 0.717) is 30.2 Å². The molecule has 0 saturated carbocycles. The van der Waals surface area contributed by atoms with Gasteiger partial charge < -0.3 is 29.4 Å². The van der Waals surface area contributed by atoms with Gasteiger partial charge in [-0.3, -0.25) is 0 Å². The number of aromatic nitrogens is 2. The van der Waals surface area contributed by atoms with Crippen molar-refractivity contribution in [3.63, 3.8) is 0 Å². The Balaban J connectivity index is 1.49. The Hall–Kier alpha value is -4.01. The van der Waals surface area contributed by atoms with E-state index in [0.717, 1.165) is 17.0 Å². The van der Waals surface area contributed by atoms with Crippen LogP contribution in [0.2, 0.25) is 0 Å². The van der Waals surface area contributed by atoms with Crippen molar-refractivity contribution in [3.05, 3.63) is 71.3 Å². The van der Waals surface area contributed by atoms with E-state index in [-0.39, 0.29) is 18.4 Å². The van der Waals surface area contributed by atoms with Gasteiger partial charge in [0.15, 0.2) is 11.5 Å². The molecule has 2 aliphatic heterocycles. The van der Waals surface area contributed by atoms with E-state index in [4.69, 9.17) is 14.2 Å². The second kappa shape index (κ2) is 7.67. The van der Waals surface area contributed by atoms with Gasteiger partial charge in [-0.05, 0) is 29.8 Å². The van der Waals surface area contributed by atoms with Crippen LogP contribution in [0, 0.1) is 0 Å². The van der Waals surface area contributed by atoms with Gasteiger partial charge in [-0.1, -0.05) is 18.2 Å². The molecule has 31 heavy (non-hydrogen) atoms. The number of esters is 1. The first-order valence-electron chi connectivity index (χ1n) is 9.82. The number of nitrogens with one attached hydrogen (secondary N) is 2. The molecular weight excluding hydrogens is 400 g/mol. The van der Waals surface area contributed by atoms with Crippen molar-refractivity contribution >= 4 is 17.7 Å². The molecule has 0 unspecified atom stereocenters. The fraction of sp³-hybridized carbons (Fsp3) is 0.227. The lowest BCUT2D eigenvalue weighted by Gasteiger charge is -2.35. The molecule has 3 heterocycles. The molecule has 5 rings (SSSR count). The third-order valence-electron chi connectivity index (χ3n) is 5.47. The number of amides is 2. The van der Waals surface area contributed by atoms with E-state index < -0.39 is 12.0 Å². The Morgan fingerprint density at radius 2 is 2.03 bits per heavy atom. The van der Waals surface area contributed by atoms with Crippen LogP contribution in [0.5, 0.6) is 11.5 Å². The van der Waals surface area contributed by atoms with Crippen molar-refractivity contribution in [2.75, 3.05) is 25.8 Å². The standard InChI is InChI=1S/C22H20N4O5/c1-29-21(27)14-4-2-3-5-15(14)25-22(28)26-9-8-16-19(24-11-23-16)20(26)13-6-7-17-18(10-13)31-12-30-17/h2-7,10-11,20H,8-9,12H2,1H3,(H,23,24)(H,25,28)/t20-/m0/s1. The van der Waals surface area contributed by atoms with E-state index >= 15 is 0 Å². The van der Waals surface area contributed by atoms with Crippen LogP contribution in [0.15, 0.2) is 48.8 Å². The minimum atomic E-state index is -0.517. The van der Waals surface area contributed by atoms with Crippen LogP contribution in [0.3, 0.4) is 0 Å². The van der Waals surface area contributed by atoms with Crippen molar-refractivity contribution in [3.8, 4) is 11.5 Å². The van der Waals surface area contributed by atoms with Crippen LogP contribution in [0.1, 0.15) is 33.4 Å². The van der Waals surface area contributed by atoms with Gasteiger partial charge in [0.25, 0.3) is 0 Å². The molecule has 0 aliphatic carbocycles. The largest absolute Gasteiger partial charge is 0.465 e. The first kappa shape index (κ1) is 19.0. The number of urea groups is 1. The molecule has 1 aromatic heterocycles. The second-order valence-corrected chi connectivity index (χ2v) is 7.19. The number of carbonyl (C=O) groups is 2. The lowest BCUT2D eigenvalue weighted by Crippen LogP contribution is -2.43. The molecule has 158 valence electrons. The van der Waals surface area contributed by atoms with E-state index in [2.05, 4.69) is 15.3 Å². The minimum absolute atomic E-state index is 0.172. The first-order valence-corrected chi connectivity index (χ1v) is 9.82. The zero-order valence-electron chi connectivity index (χ0n) is 16.8. The quantitative estimate of drug-likeness (QED) is 0.631. The molecular formula is C22H20N4O5. The number of fused-ring (bicyclic) bond motifs is 2. The number of benzene rings is 2. The molecule has 0 bridgehead atoms. The Morgan fingerprint density at radius 3 is 2.90 bits per heavy atom. The van der Waals surface area contributed by atoms with E-state index in [1.807, 2.05) is 18.2 Å². The highest BCUT2D eigenvalue weighted by atomic mass is 16.7. The van der Waals surface area contributed by atoms with Crippen molar-refractivity contribution in [1.29, 1.82) is 0 Å². The maximum Gasteiger partial charge on any atom is 0.339 e. The summed E-state index contributed by atoms with van der Waals surface area (Å²) in [6.07, 6.45) is 2.28. The summed E-state index contributed by atoms with van der Waals surface area (Å²) in [5.74, 6) is 0.790. The second-order valence-electron chi connectivity index (χ2n) is 7.19. The monoisotopic (exact) mass is 420 g/mol. The number of nitrogens with zero attached hydrogens (tertiary/aromatic N) is 2. The number of hydrogen-bond acceptors (Lipinski definition) is 6. The Kier molecular flexibility index (Phi) is 4.70. The Labute approximate surface area is 177 Å². The number of hydrogen-bond donors (Lipinski definition) is 2. The molecule has 0 fully saturated rings. The normalized spacial score (nSPS) is 16.5. The van der Waals surface area contributed by atoms with Gasteiger partial charge in [0.05, 0.1) is 30.4 Å². The number of anilines is 1. The molecule has 0 saturated heterocycles. The van der Waals surface area contributed by atoms with Gasteiger partial charge in [0.1, 0.15) is 6.04 Å². The van der Waals surface area contributed by atoms with Crippen LogP contribution in [-0.2, 0) is 11.2 Å². The molecule has 2 N–H and O–H groups in total. The molecule has 2 aliphatic rings. The molecule has 2 amide bonds. The smallest absolute Gasteiger partial charge is 0.339 e. The number of rotatable bonds is 3. The van der Waals surface area contributed by atoms with Gasteiger partial charge in [-0.15, -0.1) is 0 Å². The minimum Gasteiger partial charge on any atom is -0.465 e. The molecule has 3 aromatic rings. The highest BCUT2D eigenvalue weighted by molar-refractivity contribution is 6.01. The number of ether oxygens (including phenoxy) is 3.